The second-order valence-corrected chi connectivity index (χ2v) is 8.37. The van der Waals surface area contributed by atoms with Gasteiger partial charge in [0.25, 0.3) is 5.91 Å². The van der Waals surface area contributed by atoms with E-state index in [4.69, 9.17) is 0 Å². The van der Waals surface area contributed by atoms with Crippen LogP contribution in [-0.4, -0.2) is 63.1 Å². The number of fused-ring (bicyclic) bond motifs is 1. The third-order valence-electron chi connectivity index (χ3n) is 6.10. The molecule has 1 N–H and O–H groups in total. The van der Waals surface area contributed by atoms with E-state index in [9.17, 15) is 18.0 Å². The SMILES string of the molecule is CCN(CC)c1ccc(N=C2C(C(F)(F)F)=Nn3c2nc(-c2cc(C)n(C)n2)c3C(=O)NC)c(C)c1. The third kappa shape index (κ3) is 4.27. The van der Waals surface area contributed by atoms with E-state index < -0.39 is 23.5 Å². The number of amides is 1. The number of rotatable bonds is 6. The van der Waals surface area contributed by atoms with Crippen LogP contribution in [0.3, 0.4) is 0 Å². The van der Waals surface area contributed by atoms with E-state index in [-0.39, 0.29) is 17.2 Å². The van der Waals surface area contributed by atoms with Gasteiger partial charge in [0.15, 0.2) is 17.2 Å². The minimum atomic E-state index is -4.81. The predicted molar refractivity (Wildman–Crippen MR) is 132 cm³/mol. The molecule has 9 nitrogen and oxygen atoms in total. The highest BCUT2D eigenvalue weighted by molar-refractivity contribution is 6.51. The van der Waals surface area contributed by atoms with Crippen LogP contribution in [0.25, 0.3) is 11.4 Å². The van der Waals surface area contributed by atoms with Crippen molar-refractivity contribution in [1.29, 1.82) is 0 Å². The van der Waals surface area contributed by atoms with Crippen molar-refractivity contribution in [2.75, 3.05) is 25.0 Å². The van der Waals surface area contributed by atoms with Crippen LogP contribution in [-0.2, 0) is 7.05 Å². The molecule has 1 amide bonds. The van der Waals surface area contributed by atoms with Crippen molar-refractivity contribution in [3.05, 3.63) is 47.0 Å². The molecule has 1 aromatic carbocycles. The van der Waals surface area contributed by atoms with Gasteiger partial charge in [0.1, 0.15) is 17.1 Å². The van der Waals surface area contributed by atoms with Crippen LogP contribution in [0.4, 0.5) is 24.5 Å². The fourth-order valence-electron chi connectivity index (χ4n) is 4.06. The van der Waals surface area contributed by atoms with Gasteiger partial charge in [-0.25, -0.2) is 14.7 Å². The first-order chi connectivity index (χ1) is 17.0. The summed E-state index contributed by atoms with van der Waals surface area (Å²) in [6.07, 6.45) is -4.81. The van der Waals surface area contributed by atoms with Gasteiger partial charge in [0.05, 0.1) is 5.69 Å². The number of hydrogen-bond donors (Lipinski definition) is 1. The van der Waals surface area contributed by atoms with E-state index in [0.29, 0.717) is 16.9 Å². The summed E-state index contributed by atoms with van der Waals surface area (Å²) >= 11 is 0. The molecule has 1 aliphatic rings. The molecule has 36 heavy (non-hydrogen) atoms. The lowest BCUT2D eigenvalue weighted by Gasteiger charge is -2.21. The highest BCUT2D eigenvalue weighted by Crippen LogP contribution is 2.33. The van der Waals surface area contributed by atoms with Gasteiger partial charge in [-0.1, -0.05) is 0 Å². The van der Waals surface area contributed by atoms with Gasteiger partial charge in [0.2, 0.25) is 0 Å². The summed E-state index contributed by atoms with van der Waals surface area (Å²) < 4.78 is 44.6. The summed E-state index contributed by atoms with van der Waals surface area (Å²) in [5, 5.41) is 10.6. The number of alkyl halides is 3. The molecule has 1 aliphatic heterocycles. The first kappa shape index (κ1) is 25.1. The summed E-state index contributed by atoms with van der Waals surface area (Å²) in [6.45, 7) is 9.26. The molecule has 0 spiro atoms. The van der Waals surface area contributed by atoms with E-state index in [1.165, 1.54) is 7.05 Å². The van der Waals surface area contributed by atoms with Crippen molar-refractivity contribution in [1.82, 2.24) is 24.8 Å². The van der Waals surface area contributed by atoms with E-state index in [1.807, 2.05) is 32.9 Å². The maximum Gasteiger partial charge on any atom is 0.437 e. The molecule has 3 aromatic rings. The molecule has 0 saturated heterocycles. The van der Waals surface area contributed by atoms with Crippen molar-refractivity contribution in [2.45, 2.75) is 33.9 Å². The fraction of sp³-hybridized carbons (Fsp3) is 0.375. The van der Waals surface area contributed by atoms with E-state index in [1.54, 1.807) is 30.8 Å². The smallest absolute Gasteiger partial charge is 0.372 e. The molecule has 0 saturated carbocycles. The number of anilines is 1. The second kappa shape index (κ2) is 9.25. The number of halogens is 3. The largest absolute Gasteiger partial charge is 0.437 e. The fourth-order valence-corrected chi connectivity index (χ4v) is 4.06. The van der Waals surface area contributed by atoms with E-state index >= 15 is 0 Å². The number of imidazole rings is 1. The summed E-state index contributed by atoms with van der Waals surface area (Å²) in [6, 6.07) is 7.09. The Morgan fingerprint density at radius 1 is 1.17 bits per heavy atom. The molecule has 0 radical (unpaired) electrons. The van der Waals surface area contributed by atoms with Crippen molar-refractivity contribution < 1.29 is 18.0 Å². The summed E-state index contributed by atoms with van der Waals surface area (Å²) in [4.78, 5) is 23.6. The first-order valence-corrected chi connectivity index (χ1v) is 11.5. The Balaban J connectivity index is 1.92. The van der Waals surface area contributed by atoms with Crippen LogP contribution in [0.1, 0.15) is 41.4 Å². The van der Waals surface area contributed by atoms with E-state index in [0.717, 1.165) is 29.1 Å². The van der Waals surface area contributed by atoms with Gasteiger partial charge in [0, 0.05) is 38.6 Å². The lowest BCUT2D eigenvalue weighted by atomic mass is 10.1. The average molecular weight is 501 g/mol. The van der Waals surface area contributed by atoms with Crippen LogP contribution < -0.4 is 10.2 Å². The third-order valence-corrected chi connectivity index (χ3v) is 6.10. The zero-order valence-corrected chi connectivity index (χ0v) is 20.9. The van der Waals surface area contributed by atoms with E-state index in [2.05, 4.69) is 30.4 Å². The van der Waals surface area contributed by atoms with Crippen LogP contribution in [0.2, 0.25) is 0 Å². The Kier molecular flexibility index (Phi) is 6.46. The quantitative estimate of drug-likeness (QED) is 0.554. The average Bonchev–Trinajstić information content (AvgIpc) is 3.47. The number of carbonyl (C=O) groups excluding carboxylic acids is 1. The Hall–Kier alpha value is -3.96. The van der Waals surface area contributed by atoms with Crippen molar-refractivity contribution in [2.24, 2.45) is 17.1 Å². The molecule has 3 heterocycles. The Bertz CT molecular complexity index is 1370. The molecular formula is C24H27F3N8O. The molecule has 0 unspecified atom stereocenters. The maximum absolute atomic E-state index is 14.0. The van der Waals surface area contributed by atoms with Gasteiger partial charge < -0.3 is 10.2 Å². The molecule has 0 aliphatic carbocycles. The van der Waals surface area contributed by atoms with Gasteiger partial charge in [-0.05, 0) is 57.5 Å². The van der Waals surface area contributed by atoms with Gasteiger partial charge in [-0.15, -0.1) is 0 Å². The van der Waals surface area contributed by atoms with Crippen LogP contribution in [0.5, 0.6) is 0 Å². The van der Waals surface area contributed by atoms with Gasteiger partial charge in [-0.2, -0.15) is 23.4 Å². The topological polar surface area (TPSA) is 92.7 Å². The molecule has 0 bridgehead atoms. The van der Waals surface area contributed by atoms with Crippen LogP contribution >= 0.6 is 0 Å². The molecule has 0 atom stereocenters. The Morgan fingerprint density at radius 2 is 1.86 bits per heavy atom. The van der Waals surface area contributed by atoms with Gasteiger partial charge >= 0.3 is 6.18 Å². The minimum Gasteiger partial charge on any atom is -0.372 e. The predicted octanol–water partition coefficient (Wildman–Crippen LogP) is 4.01. The van der Waals surface area contributed by atoms with Crippen molar-refractivity contribution >= 4 is 28.7 Å². The molecular weight excluding hydrogens is 473 g/mol. The first-order valence-electron chi connectivity index (χ1n) is 11.5. The molecule has 4 rings (SSSR count). The van der Waals surface area contributed by atoms with Gasteiger partial charge in [-0.3, -0.25) is 9.48 Å². The maximum atomic E-state index is 14.0. The number of nitrogens with one attached hydrogen (secondary N) is 1. The zero-order valence-electron chi connectivity index (χ0n) is 20.9. The summed E-state index contributed by atoms with van der Waals surface area (Å²) in [7, 11) is 3.11. The van der Waals surface area contributed by atoms with Crippen LogP contribution in [0.15, 0.2) is 34.4 Å². The zero-order chi connectivity index (χ0) is 26.4. The highest BCUT2D eigenvalue weighted by Gasteiger charge is 2.46. The minimum absolute atomic E-state index is 0.124. The lowest BCUT2D eigenvalue weighted by molar-refractivity contribution is -0.0567. The Morgan fingerprint density at radius 3 is 2.39 bits per heavy atom. The Labute approximate surface area is 206 Å². The highest BCUT2D eigenvalue weighted by atomic mass is 19.4. The van der Waals surface area contributed by atoms with Crippen LogP contribution in [0, 0.1) is 13.8 Å². The lowest BCUT2D eigenvalue weighted by Crippen LogP contribution is -2.29. The van der Waals surface area contributed by atoms with Crippen molar-refractivity contribution in [3.63, 3.8) is 0 Å². The number of aromatic nitrogens is 4. The monoisotopic (exact) mass is 500 g/mol. The molecule has 190 valence electrons. The summed E-state index contributed by atoms with van der Waals surface area (Å²) in [5.41, 5.74) is 1.45. The number of benzene rings is 1. The van der Waals surface area contributed by atoms with Crippen molar-refractivity contribution in [3.8, 4) is 11.4 Å². The number of aryl methyl sites for hydroxylation is 3. The number of nitrogens with zero attached hydrogens (tertiary/aromatic N) is 7. The summed E-state index contributed by atoms with van der Waals surface area (Å²) in [5.74, 6) is -0.815. The second-order valence-electron chi connectivity index (χ2n) is 8.37. The number of carbonyl (C=O) groups is 1. The molecule has 2 aromatic heterocycles. The normalized spacial score (nSPS) is 14.2. The molecule has 0 fully saturated rings. The molecule has 12 heteroatoms. The number of aliphatic imine (C=N–C) groups is 1. The number of hydrogen-bond acceptors (Lipinski definition) is 6. The standard InChI is InChI=1S/C24H27F3N8O/c1-7-34(8-2)15-9-10-16(13(3)11-15)29-19-21(24(25,26)27)32-35-20(23(36)28-5)18(30-22(19)35)17-12-14(4)33(6)31-17/h9-12H,7-8H2,1-6H3,(H,28,36).